The minimum atomic E-state index is 0.305. The predicted molar refractivity (Wildman–Crippen MR) is 103 cm³/mol. The predicted octanol–water partition coefficient (Wildman–Crippen LogP) is 5.41. The van der Waals surface area contributed by atoms with Crippen molar-refractivity contribution in [3.63, 3.8) is 0 Å². The van der Waals surface area contributed by atoms with Gasteiger partial charge in [0, 0.05) is 25.4 Å². The molecule has 2 aromatic rings. The maximum absolute atomic E-state index is 4.70. The van der Waals surface area contributed by atoms with Crippen LogP contribution >= 0.6 is 49.9 Å². The van der Waals surface area contributed by atoms with E-state index in [1.807, 2.05) is 11.3 Å². The lowest BCUT2D eigenvalue weighted by molar-refractivity contribution is 0.526. The van der Waals surface area contributed by atoms with E-state index in [2.05, 4.69) is 82.8 Å². The molecule has 2 nitrogen and oxygen atoms in total. The molecular weight excluding hydrogens is 459 g/mol. The van der Waals surface area contributed by atoms with Crippen LogP contribution in [0.5, 0.6) is 0 Å². The topological polar surface area (TPSA) is 24.9 Å². The van der Waals surface area contributed by atoms with Crippen LogP contribution in [-0.2, 0) is 6.42 Å². The van der Waals surface area contributed by atoms with E-state index >= 15 is 0 Å². The first-order valence-electron chi connectivity index (χ1n) is 7.12. The van der Waals surface area contributed by atoms with Crippen molar-refractivity contribution in [2.45, 2.75) is 39.7 Å². The Morgan fingerprint density at radius 1 is 1.38 bits per heavy atom. The van der Waals surface area contributed by atoms with Gasteiger partial charge in [-0.2, -0.15) is 0 Å². The molecule has 1 aromatic carbocycles. The van der Waals surface area contributed by atoms with Gasteiger partial charge in [0.1, 0.15) is 0 Å². The Morgan fingerprint density at radius 3 is 2.76 bits per heavy atom. The maximum atomic E-state index is 4.70. The Hall–Kier alpha value is 0.0200. The first-order valence-corrected chi connectivity index (χ1v) is 9.81. The zero-order valence-corrected chi connectivity index (χ0v) is 17.1. The Balaban J connectivity index is 2.27. The molecule has 1 N–H and O–H groups in total. The summed E-state index contributed by atoms with van der Waals surface area (Å²) in [6.07, 6.45) is 2.08. The molecule has 1 aromatic heterocycles. The molecule has 5 heteroatoms. The van der Waals surface area contributed by atoms with Gasteiger partial charge in [-0.3, -0.25) is 0 Å². The molecule has 0 aliphatic rings. The summed E-state index contributed by atoms with van der Waals surface area (Å²) >= 11 is 7.88. The summed E-state index contributed by atoms with van der Waals surface area (Å²) < 4.78 is 2.43. The van der Waals surface area contributed by atoms with Crippen LogP contribution in [0.15, 0.2) is 22.7 Å². The number of hydrogen-bond acceptors (Lipinski definition) is 3. The number of nitrogens with one attached hydrogen (secondary N) is 1. The second-order valence-electron chi connectivity index (χ2n) is 5.13. The minimum absolute atomic E-state index is 0.305. The van der Waals surface area contributed by atoms with Gasteiger partial charge in [0.05, 0.1) is 10.7 Å². The summed E-state index contributed by atoms with van der Waals surface area (Å²) in [6, 6.07) is 6.82. The van der Waals surface area contributed by atoms with E-state index in [1.54, 1.807) is 0 Å². The standard InChI is InChI=1S/C16H20BrIN2S/c1-4-7-19-15(9-16-20-10(2)11(3)21-16)13-8-12(18)5-6-14(13)17/h5-6,8,15,19H,4,7,9H2,1-3H3. The second kappa shape index (κ2) is 8.04. The van der Waals surface area contributed by atoms with E-state index in [9.17, 15) is 0 Å². The summed E-state index contributed by atoms with van der Waals surface area (Å²) in [5.74, 6) is 0. The van der Waals surface area contributed by atoms with Crippen molar-refractivity contribution < 1.29 is 0 Å². The van der Waals surface area contributed by atoms with Crippen LogP contribution in [0.2, 0.25) is 0 Å². The van der Waals surface area contributed by atoms with Gasteiger partial charge in [-0.1, -0.05) is 22.9 Å². The van der Waals surface area contributed by atoms with E-state index in [1.165, 1.54) is 23.5 Å². The third kappa shape index (κ3) is 4.74. The summed E-state index contributed by atoms with van der Waals surface area (Å²) in [4.78, 5) is 6.02. The third-order valence-corrected chi connectivity index (χ3v) is 5.91. The van der Waals surface area contributed by atoms with Crippen LogP contribution < -0.4 is 5.32 Å². The van der Waals surface area contributed by atoms with Crippen molar-refractivity contribution in [1.29, 1.82) is 0 Å². The minimum Gasteiger partial charge on any atom is -0.310 e. The number of thiazole rings is 1. The highest BCUT2D eigenvalue weighted by molar-refractivity contribution is 14.1. The zero-order chi connectivity index (χ0) is 15.4. The van der Waals surface area contributed by atoms with Crippen molar-refractivity contribution in [3.05, 3.63) is 47.4 Å². The smallest absolute Gasteiger partial charge is 0.0949 e. The Kier molecular flexibility index (Phi) is 6.65. The zero-order valence-electron chi connectivity index (χ0n) is 12.5. The van der Waals surface area contributed by atoms with Crippen molar-refractivity contribution in [3.8, 4) is 0 Å². The fourth-order valence-corrected chi connectivity index (χ4v) is 4.21. The fourth-order valence-electron chi connectivity index (χ4n) is 2.19. The first-order chi connectivity index (χ1) is 10.0. The van der Waals surface area contributed by atoms with E-state index in [-0.39, 0.29) is 0 Å². The van der Waals surface area contributed by atoms with E-state index in [0.29, 0.717) is 6.04 Å². The van der Waals surface area contributed by atoms with E-state index in [0.717, 1.165) is 25.1 Å². The molecule has 0 aliphatic carbocycles. The monoisotopic (exact) mass is 478 g/mol. The van der Waals surface area contributed by atoms with Crippen LogP contribution in [0.25, 0.3) is 0 Å². The van der Waals surface area contributed by atoms with Crippen LogP contribution in [0.1, 0.15) is 40.5 Å². The maximum Gasteiger partial charge on any atom is 0.0949 e. The fraction of sp³-hybridized carbons (Fsp3) is 0.438. The average Bonchev–Trinajstić information content (AvgIpc) is 2.76. The summed E-state index contributed by atoms with van der Waals surface area (Å²) in [7, 11) is 0. The molecule has 0 bridgehead atoms. The number of rotatable bonds is 6. The molecule has 0 radical (unpaired) electrons. The summed E-state index contributed by atoms with van der Waals surface area (Å²) in [6.45, 7) is 7.45. The molecule has 1 atom stereocenters. The quantitative estimate of drug-likeness (QED) is 0.561. The number of benzene rings is 1. The van der Waals surface area contributed by atoms with Gasteiger partial charge in [-0.15, -0.1) is 11.3 Å². The van der Waals surface area contributed by atoms with Gasteiger partial charge < -0.3 is 5.32 Å². The lowest BCUT2D eigenvalue weighted by atomic mass is 10.0. The highest BCUT2D eigenvalue weighted by Crippen LogP contribution is 2.29. The Labute approximate surface area is 153 Å². The van der Waals surface area contributed by atoms with Gasteiger partial charge in [-0.25, -0.2) is 4.98 Å². The van der Waals surface area contributed by atoms with E-state index < -0.39 is 0 Å². The molecular formula is C16H20BrIN2S. The largest absolute Gasteiger partial charge is 0.310 e. The molecule has 1 unspecified atom stereocenters. The SMILES string of the molecule is CCCNC(Cc1nc(C)c(C)s1)c1cc(I)ccc1Br. The van der Waals surface area contributed by atoms with Gasteiger partial charge in [0.15, 0.2) is 0 Å². The highest BCUT2D eigenvalue weighted by Gasteiger charge is 2.17. The van der Waals surface area contributed by atoms with Crippen molar-refractivity contribution in [2.24, 2.45) is 0 Å². The number of aromatic nitrogens is 1. The molecule has 0 amide bonds. The van der Waals surface area contributed by atoms with Gasteiger partial charge in [-0.05, 0) is 73.2 Å². The Morgan fingerprint density at radius 2 is 2.14 bits per heavy atom. The highest BCUT2D eigenvalue weighted by atomic mass is 127. The lowest BCUT2D eigenvalue weighted by Gasteiger charge is -2.19. The van der Waals surface area contributed by atoms with Gasteiger partial charge in [0.25, 0.3) is 0 Å². The van der Waals surface area contributed by atoms with E-state index in [4.69, 9.17) is 4.98 Å². The van der Waals surface area contributed by atoms with Crippen molar-refractivity contribution in [1.82, 2.24) is 10.3 Å². The van der Waals surface area contributed by atoms with Crippen LogP contribution in [0.3, 0.4) is 0 Å². The number of aryl methyl sites for hydroxylation is 2. The van der Waals surface area contributed by atoms with Gasteiger partial charge in [0.2, 0.25) is 0 Å². The second-order valence-corrected chi connectivity index (χ2v) is 8.51. The molecule has 21 heavy (non-hydrogen) atoms. The molecule has 0 spiro atoms. The number of hydrogen-bond donors (Lipinski definition) is 1. The first kappa shape index (κ1) is 17.4. The van der Waals surface area contributed by atoms with Crippen LogP contribution in [0.4, 0.5) is 0 Å². The molecule has 2 rings (SSSR count). The third-order valence-electron chi connectivity index (χ3n) is 3.43. The normalized spacial score (nSPS) is 12.6. The van der Waals surface area contributed by atoms with Crippen LogP contribution in [-0.4, -0.2) is 11.5 Å². The summed E-state index contributed by atoms with van der Waals surface area (Å²) in [5, 5.41) is 4.88. The number of nitrogens with zero attached hydrogens (tertiary/aromatic N) is 1. The van der Waals surface area contributed by atoms with Crippen LogP contribution in [0, 0.1) is 17.4 Å². The molecule has 114 valence electrons. The van der Waals surface area contributed by atoms with Gasteiger partial charge >= 0.3 is 0 Å². The average molecular weight is 479 g/mol. The summed E-state index contributed by atoms with van der Waals surface area (Å²) in [5.41, 5.74) is 2.48. The number of halogens is 2. The molecule has 1 heterocycles. The molecule has 0 saturated heterocycles. The Bertz CT molecular complexity index is 593. The molecule has 0 saturated carbocycles. The molecule has 0 aliphatic heterocycles. The van der Waals surface area contributed by atoms with Crippen molar-refractivity contribution in [2.75, 3.05) is 6.54 Å². The van der Waals surface area contributed by atoms with Crippen molar-refractivity contribution >= 4 is 49.9 Å². The lowest BCUT2D eigenvalue weighted by Crippen LogP contribution is -2.24. The molecule has 0 fully saturated rings.